The van der Waals surface area contributed by atoms with E-state index in [-0.39, 0.29) is 6.04 Å². The molecular weight excluding hydrogens is 258 g/mol. The summed E-state index contributed by atoms with van der Waals surface area (Å²) in [5, 5.41) is 14.1. The summed E-state index contributed by atoms with van der Waals surface area (Å²) < 4.78 is 0. The van der Waals surface area contributed by atoms with Gasteiger partial charge in [-0.1, -0.05) is 54.6 Å². The molecule has 3 rings (SSSR count). The van der Waals surface area contributed by atoms with Crippen molar-refractivity contribution in [3.8, 4) is 0 Å². The van der Waals surface area contributed by atoms with Crippen LogP contribution in [0.3, 0.4) is 0 Å². The van der Waals surface area contributed by atoms with Crippen molar-refractivity contribution in [2.24, 2.45) is 0 Å². The van der Waals surface area contributed by atoms with Gasteiger partial charge in [0.2, 0.25) is 0 Å². The Morgan fingerprint density at radius 2 is 1.81 bits per heavy atom. The first-order valence-corrected chi connectivity index (χ1v) is 7.76. The van der Waals surface area contributed by atoms with E-state index in [1.165, 1.54) is 11.1 Å². The van der Waals surface area contributed by atoms with Crippen molar-refractivity contribution in [3.05, 3.63) is 71.3 Å². The van der Waals surface area contributed by atoms with Gasteiger partial charge in [0, 0.05) is 6.04 Å². The lowest BCUT2D eigenvalue weighted by Gasteiger charge is -2.18. The van der Waals surface area contributed by atoms with Gasteiger partial charge in [-0.2, -0.15) is 0 Å². The molecule has 1 aliphatic rings. The fourth-order valence-electron chi connectivity index (χ4n) is 3.30. The maximum absolute atomic E-state index is 10.5. The minimum atomic E-state index is -0.701. The van der Waals surface area contributed by atoms with Gasteiger partial charge in [0.05, 0.1) is 5.60 Å². The van der Waals surface area contributed by atoms with Crippen LogP contribution in [0.1, 0.15) is 42.5 Å². The molecule has 0 radical (unpaired) electrons. The van der Waals surface area contributed by atoms with Crippen LogP contribution in [0.5, 0.6) is 0 Å². The third-order valence-electron chi connectivity index (χ3n) is 4.39. The quantitative estimate of drug-likeness (QED) is 0.821. The highest BCUT2D eigenvalue weighted by atomic mass is 16.3. The Labute approximate surface area is 126 Å². The van der Waals surface area contributed by atoms with Gasteiger partial charge in [0.1, 0.15) is 0 Å². The number of benzene rings is 2. The molecule has 2 heteroatoms. The van der Waals surface area contributed by atoms with Crippen LogP contribution in [0.4, 0.5) is 0 Å². The number of hydrogen-bond acceptors (Lipinski definition) is 2. The number of fused-ring (bicyclic) bond motifs is 1. The number of nitrogens with one attached hydrogen (secondary N) is 1. The lowest BCUT2D eigenvalue weighted by atomic mass is 9.99. The van der Waals surface area contributed by atoms with E-state index >= 15 is 0 Å². The molecule has 0 aromatic heterocycles. The molecule has 0 amide bonds. The van der Waals surface area contributed by atoms with Gasteiger partial charge < -0.3 is 10.4 Å². The zero-order valence-corrected chi connectivity index (χ0v) is 12.5. The predicted molar refractivity (Wildman–Crippen MR) is 86.1 cm³/mol. The number of aliphatic hydroxyl groups is 1. The van der Waals surface area contributed by atoms with Gasteiger partial charge in [-0.3, -0.25) is 0 Å². The molecule has 2 aromatic rings. The summed E-state index contributed by atoms with van der Waals surface area (Å²) in [7, 11) is 0. The summed E-state index contributed by atoms with van der Waals surface area (Å²) in [6.07, 6.45) is 2.97. The average Bonchev–Trinajstić information content (AvgIpc) is 2.77. The lowest BCUT2D eigenvalue weighted by molar-refractivity contribution is 0.0514. The summed E-state index contributed by atoms with van der Waals surface area (Å²) in [6.45, 7) is 2.89. The van der Waals surface area contributed by atoms with Crippen LogP contribution in [-0.4, -0.2) is 11.7 Å². The van der Waals surface area contributed by atoms with Crippen molar-refractivity contribution >= 4 is 0 Å². The summed E-state index contributed by atoms with van der Waals surface area (Å²) in [5.41, 5.74) is 3.01. The van der Waals surface area contributed by atoms with E-state index in [2.05, 4.69) is 47.8 Å². The highest BCUT2D eigenvalue weighted by molar-refractivity contribution is 5.39. The molecule has 2 nitrogen and oxygen atoms in total. The Hall–Kier alpha value is -1.64. The van der Waals surface area contributed by atoms with E-state index in [1.54, 1.807) is 0 Å². The zero-order chi connectivity index (χ0) is 14.7. The lowest BCUT2D eigenvalue weighted by Crippen LogP contribution is -2.24. The topological polar surface area (TPSA) is 32.3 Å². The second kappa shape index (κ2) is 6.00. The molecule has 21 heavy (non-hydrogen) atoms. The van der Waals surface area contributed by atoms with E-state index in [1.807, 2.05) is 19.1 Å². The maximum atomic E-state index is 10.5. The summed E-state index contributed by atoms with van der Waals surface area (Å²) in [4.78, 5) is 0. The largest absolute Gasteiger partial charge is 0.385 e. The molecule has 2 unspecified atom stereocenters. The molecule has 0 spiro atoms. The summed E-state index contributed by atoms with van der Waals surface area (Å²) in [5.74, 6) is 0. The predicted octanol–water partition coefficient (Wildman–Crippen LogP) is 3.56. The van der Waals surface area contributed by atoms with Crippen molar-refractivity contribution < 1.29 is 5.11 Å². The van der Waals surface area contributed by atoms with Crippen LogP contribution in [-0.2, 0) is 12.0 Å². The first kappa shape index (κ1) is 14.3. The normalized spacial score (nSPS) is 24.0. The Morgan fingerprint density at radius 1 is 1.10 bits per heavy atom. The second-order valence-corrected chi connectivity index (χ2v) is 6.16. The molecule has 1 aliphatic carbocycles. The van der Waals surface area contributed by atoms with Crippen LogP contribution < -0.4 is 5.32 Å². The van der Waals surface area contributed by atoms with Crippen molar-refractivity contribution in [1.29, 1.82) is 0 Å². The third-order valence-corrected chi connectivity index (χ3v) is 4.39. The Balaban J connectivity index is 1.55. The molecule has 2 N–H and O–H groups in total. The SMILES string of the molecule is CC1(O)CC(NCCCc2ccccc2)c2ccccc21. The van der Waals surface area contributed by atoms with E-state index in [4.69, 9.17) is 0 Å². The van der Waals surface area contributed by atoms with Crippen molar-refractivity contribution in [1.82, 2.24) is 5.32 Å². The fourth-order valence-corrected chi connectivity index (χ4v) is 3.30. The fraction of sp³-hybridized carbons (Fsp3) is 0.368. The van der Waals surface area contributed by atoms with Crippen LogP contribution in [0, 0.1) is 0 Å². The standard InChI is InChI=1S/C19H23NO/c1-19(21)14-18(16-11-5-6-12-17(16)19)20-13-7-10-15-8-3-2-4-9-15/h2-6,8-9,11-12,18,20-21H,7,10,13-14H2,1H3. The third kappa shape index (κ3) is 3.17. The Bertz CT molecular complexity index is 592. The molecule has 2 aromatic carbocycles. The molecule has 0 bridgehead atoms. The van der Waals surface area contributed by atoms with Crippen molar-refractivity contribution in [2.75, 3.05) is 6.54 Å². The van der Waals surface area contributed by atoms with Gasteiger partial charge in [-0.05, 0) is 49.4 Å². The molecule has 0 saturated heterocycles. The second-order valence-electron chi connectivity index (χ2n) is 6.16. The summed E-state index contributed by atoms with van der Waals surface area (Å²) in [6, 6.07) is 19.1. The average molecular weight is 281 g/mol. The molecule has 0 saturated carbocycles. The molecule has 0 fully saturated rings. The van der Waals surface area contributed by atoms with E-state index in [0.717, 1.165) is 31.4 Å². The Kier molecular flexibility index (Phi) is 4.09. The van der Waals surface area contributed by atoms with Gasteiger partial charge in [-0.25, -0.2) is 0 Å². The highest BCUT2D eigenvalue weighted by Crippen LogP contribution is 2.42. The minimum absolute atomic E-state index is 0.270. The molecular formula is C19H23NO. The van der Waals surface area contributed by atoms with Gasteiger partial charge in [-0.15, -0.1) is 0 Å². The van der Waals surface area contributed by atoms with Crippen molar-refractivity contribution in [2.45, 2.75) is 37.8 Å². The van der Waals surface area contributed by atoms with Crippen LogP contribution in [0.2, 0.25) is 0 Å². The van der Waals surface area contributed by atoms with Crippen LogP contribution >= 0.6 is 0 Å². The molecule has 2 atom stereocenters. The van der Waals surface area contributed by atoms with Crippen LogP contribution in [0.25, 0.3) is 0 Å². The first-order chi connectivity index (χ1) is 10.2. The summed E-state index contributed by atoms with van der Waals surface area (Å²) >= 11 is 0. The van der Waals surface area contributed by atoms with E-state index in [9.17, 15) is 5.11 Å². The molecule has 0 heterocycles. The van der Waals surface area contributed by atoms with Gasteiger partial charge in [0.25, 0.3) is 0 Å². The molecule has 0 aliphatic heterocycles. The van der Waals surface area contributed by atoms with Crippen molar-refractivity contribution in [3.63, 3.8) is 0 Å². The number of aryl methyl sites for hydroxylation is 1. The monoisotopic (exact) mass is 281 g/mol. The van der Waals surface area contributed by atoms with E-state index < -0.39 is 5.60 Å². The van der Waals surface area contributed by atoms with Gasteiger partial charge >= 0.3 is 0 Å². The number of hydrogen-bond donors (Lipinski definition) is 2. The zero-order valence-electron chi connectivity index (χ0n) is 12.5. The van der Waals surface area contributed by atoms with Crippen LogP contribution in [0.15, 0.2) is 54.6 Å². The number of rotatable bonds is 5. The minimum Gasteiger partial charge on any atom is -0.385 e. The van der Waals surface area contributed by atoms with Gasteiger partial charge in [0.15, 0.2) is 0 Å². The maximum Gasteiger partial charge on any atom is 0.0889 e. The molecule has 110 valence electrons. The smallest absolute Gasteiger partial charge is 0.0889 e. The first-order valence-electron chi connectivity index (χ1n) is 7.76. The Morgan fingerprint density at radius 3 is 2.62 bits per heavy atom. The highest BCUT2D eigenvalue weighted by Gasteiger charge is 2.37. The van der Waals surface area contributed by atoms with E-state index in [0.29, 0.717) is 0 Å².